The van der Waals surface area contributed by atoms with Crippen molar-refractivity contribution in [3.8, 4) is 0 Å². The van der Waals surface area contributed by atoms with Crippen LogP contribution in [0.5, 0.6) is 0 Å². The van der Waals surface area contributed by atoms with Crippen LogP contribution in [0.15, 0.2) is 60.8 Å². The Kier molecular flexibility index (Phi) is 54.3. The van der Waals surface area contributed by atoms with Crippen molar-refractivity contribution in [3.63, 3.8) is 0 Å². The number of esters is 3. The van der Waals surface area contributed by atoms with Gasteiger partial charge < -0.3 is 14.2 Å². The average Bonchev–Trinajstić information content (AvgIpc) is 3.34. The molecule has 0 heterocycles. The zero-order valence-electron chi connectivity index (χ0n) is 45.1. The second-order valence-electron chi connectivity index (χ2n) is 19.5. The van der Waals surface area contributed by atoms with Gasteiger partial charge in [-0.25, -0.2) is 0 Å². The lowest BCUT2D eigenvalue weighted by Gasteiger charge is -2.18. The number of unbranched alkanes of at least 4 members (excludes halogenated alkanes) is 32. The highest BCUT2D eigenvalue weighted by Crippen LogP contribution is 2.16. The third kappa shape index (κ3) is 54.1. The summed E-state index contributed by atoms with van der Waals surface area (Å²) in [6, 6.07) is 0. The maximum atomic E-state index is 12.8. The minimum Gasteiger partial charge on any atom is -0.462 e. The predicted octanol–water partition coefficient (Wildman–Crippen LogP) is 19.6. The highest BCUT2D eigenvalue weighted by molar-refractivity contribution is 5.71. The standard InChI is InChI=1S/C62H110O6/c1-4-7-10-13-16-19-22-25-26-27-28-29-30-31-32-33-34-35-36-38-40-43-46-49-52-55-61(64)67-58-59(57-66-60(63)54-51-48-45-42-39-24-21-18-15-12-9-6-3)68-62(65)56-53-50-47-44-41-37-23-20-17-14-11-8-5-2/h8,11,17,20,22,25,27-28,37,41,59H,4-7,9-10,12-16,18-19,21,23-24,26,29-36,38-40,42-58H2,1-3H3/b11-8-,20-17-,25-22-,28-27-,41-37-. The van der Waals surface area contributed by atoms with E-state index >= 15 is 0 Å². The molecule has 0 aromatic heterocycles. The van der Waals surface area contributed by atoms with Crippen molar-refractivity contribution in [2.24, 2.45) is 0 Å². The highest BCUT2D eigenvalue weighted by atomic mass is 16.6. The van der Waals surface area contributed by atoms with E-state index in [9.17, 15) is 14.4 Å². The average molecular weight is 952 g/mol. The molecule has 68 heavy (non-hydrogen) atoms. The smallest absolute Gasteiger partial charge is 0.306 e. The van der Waals surface area contributed by atoms with Gasteiger partial charge in [-0.05, 0) is 83.5 Å². The number of ether oxygens (including phenoxy) is 3. The van der Waals surface area contributed by atoms with E-state index in [0.29, 0.717) is 19.3 Å². The van der Waals surface area contributed by atoms with Crippen LogP contribution in [0.3, 0.4) is 0 Å². The first-order valence-electron chi connectivity index (χ1n) is 29.3. The Morgan fingerprint density at radius 2 is 0.574 bits per heavy atom. The summed E-state index contributed by atoms with van der Waals surface area (Å²) in [6.07, 6.45) is 70.8. The van der Waals surface area contributed by atoms with Gasteiger partial charge in [-0.2, -0.15) is 0 Å². The van der Waals surface area contributed by atoms with Crippen LogP contribution in [0.25, 0.3) is 0 Å². The van der Waals surface area contributed by atoms with E-state index in [1.165, 1.54) is 167 Å². The summed E-state index contributed by atoms with van der Waals surface area (Å²) in [5.74, 6) is -0.903. The molecule has 1 unspecified atom stereocenters. The Hall–Kier alpha value is -2.89. The zero-order chi connectivity index (χ0) is 49.3. The van der Waals surface area contributed by atoms with Crippen molar-refractivity contribution in [3.05, 3.63) is 60.8 Å². The molecule has 0 aromatic rings. The van der Waals surface area contributed by atoms with E-state index in [4.69, 9.17) is 14.2 Å². The van der Waals surface area contributed by atoms with Crippen molar-refractivity contribution < 1.29 is 28.6 Å². The van der Waals surface area contributed by atoms with E-state index in [0.717, 1.165) is 89.9 Å². The fourth-order valence-corrected chi connectivity index (χ4v) is 8.37. The Labute approximate surface area is 421 Å². The number of rotatable bonds is 53. The Morgan fingerprint density at radius 3 is 0.912 bits per heavy atom. The van der Waals surface area contributed by atoms with Crippen LogP contribution in [0, 0.1) is 0 Å². The number of hydrogen-bond acceptors (Lipinski definition) is 6. The predicted molar refractivity (Wildman–Crippen MR) is 293 cm³/mol. The second-order valence-corrected chi connectivity index (χ2v) is 19.5. The van der Waals surface area contributed by atoms with Crippen molar-refractivity contribution in [1.29, 1.82) is 0 Å². The van der Waals surface area contributed by atoms with E-state index < -0.39 is 6.10 Å². The van der Waals surface area contributed by atoms with Crippen LogP contribution in [-0.2, 0) is 28.6 Å². The van der Waals surface area contributed by atoms with Crippen molar-refractivity contribution in [2.75, 3.05) is 13.2 Å². The summed E-state index contributed by atoms with van der Waals surface area (Å²) >= 11 is 0. The molecule has 0 aliphatic heterocycles. The first-order chi connectivity index (χ1) is 33.5. The quantitative estimate of drug-likeness (QED) is 0.0262. The monoisotopic (exact) mass is 951 g/mol. The minimum absolute atomic E-state index is 0.0834. The van der Waals surface area contributed by atoms with Crippen molar-refractivity contribution in [2.45, 2.75) is 303 Å². The van der Waals surface area contributed by atoms with Gasteiger partial charge in [0, 0.05) is 19.3 Å². The highest BCUT2D eigenvalue weighted by Gasteiger charge is 2.19. The molecule has 0 bridgehead atoms. The second kappa shape index (κ2) is 56.7. The van der Waals surface area contributed by atoms with Gasteiger partial charge in [0.25, 0.3) is 0 Å². The maximum Gasteiger partial charge on any atom is 0.306 e. The summed E-state index contributed by atoms with van der Waals surface area (Å²) in [5, 5.41) is 0. The van der Waals surface area contributed by atoms with Gasteiger partial charge in [0.2, 0.25) is 0 Å². The zero-order valence-corrected chi connectivity index (χ0v) is 45.1. The number of allylic oxidation sites excluding steroid dienone is 10. The van der Waals surface area contributed by atoms with Crippen molar-refractivity contribution >= 4 is 17.9 Å². The van der Waals surface area contributed by atoms with Crippen LogP contribution in [0.2, 0.25) is 0 Å². The summed E-state index contributed by atoms with van der Waals surface area (Å²) in [6.45, 7) is 6.51. The molecule has 0 spiro atoms. The molecule has 0 amide bonds. The summed E-state index contributed by atoms with van der Waals surface area (Å²) < 4.78 is 16.8. The topological polar surface area (TPSA) is 78.9 Å². The van der Waals surface area contributed by atoms with E-state index in [2.05, 4.69) is 81.5 Å². The molecule has 0 aliphatic carbocycles. The largest absolute Gasteiger partial charge is 0.462 e. The normalized spacial score (nSPS) is 12.5. The summed E-state index contributed by atoms with van der Waals surface area (Å²) in [7, 11) is 0. The first kappa shape index (κ1) is 65.1. The van der Waals surface area contributed by atoms with Crippen molar-refractivity contribution in [1.82, 2.24) is 0 Å². The lowest BCUT2D eigenvalue weighted by Crippen LogP contribution is -2.30. The lowest BCUT2D eigenvalue weighted by molar-refractivity contribution is -0.167. The van der Waals surface area contributed by atoms with Crippen LogP contribution in [0.1, 0.15) is 297 Å². The van der Waals surface area contributed by atoms with E-state index in [1.54, 1.807) is 0 Å². The summed E-state index contributed by atoms with van der Waals surface area (Å²) in [5.41, 5.74) is 0. The molecule has 6 heteroatoms. The molecule has 0 rings (SSSR count). The van der Waals surface area contributed by atoms with Gasteiger partial charge in [0.1, 0.15) is 13.2 Å². The van der Waals surface area contributed by atoms with Crippen LogP contribution in [-0.4, -0.2) is 37.2 Å². The van der Waals surface area contributed by atoms with E-state index in [1.807, 2.05) is 0 Å². The fourth-order valence-electron chi connectivity index (χ4n) is 8.37. The molecule has 0 aromatic carbocycles. The Bertz CT molecular complexity index is 1230. The molecule has 0 aliphatic rings. The van der Waals surface area contributed by atoms with Gasteiger partial charge in [-0.3, -0.25) is 14.4 Å². The van der Waals surface area contributed by atoms with Gasteiger partial charge in [0.15, 0.2) is 6.10 Å². The Morgan fingerprint density at radius 1 is 0.309 bits per heavy atom. The minimum atomic E-state index is -0.787. The first-order valence-corrected chi connectivity index (χ1v) is 29.3. The molecular weight excluding hydrogens is 841 g/mol. The molecule has 394 valence electrons. The molecule has 0 saturated heterocycles. The molecule has 1 atom stereocenters. The van der Waals surface area contributed by atoms with Gasteiger partial charge >= 0.3 is 17.9 Å². The van der Waals surface area contributed by atoms with Crippen LogP contribution >= 0.6 is 0 Å². The molecule has 0 fully saturated rings. The lowest BCUT2D eigenvalue weighted by atomic mass is 10.0. The molecule has 0 saturated carbocycles. The maximum absolute atomic E-state index is 12.8. The van der Waals surface area contributed by atoms with Crippen LogP contribution < -0.4 is 0 Å². The molecule has 6 nitrogen and oxygen atoms in total. The van der Waals surface area contributed by atoms with E-state index in [-0.39, 0.29) is 31.1 Å². The van der Waals surface area contributed by atoms with Gasteiger partial charge in [0.05, 0.1) is 0 Å². The number of carbonyl (C=O) groups excluding carboxylic acids is 3. The SMILES string of the molecule is CC/C=C\C/C=C\C/C=C\CCCCCC(=O)OC(COC(=O)CCCCCCCCCCCCCC)COC(=O)CCCCCCCCCCCCCCC/C=C\C/C=C\CCCCCCC. The van der Waals surface area contributed by atoms with Crippen LogP contribution in [0.4, 0.5) is 0 Å². The Balaban J connectivity index is 4.24. The molecule has 0 radical (unpaired) electrons. The summed E-state index contributed by atoms with van der Waals surface area (Å²) in [4.78, 5) is 38.1. The third-order valence-electron chi connectivity index (χ3n) is 12.8. The molecular formula is C62H110O6. The molecule has 0 N–H and O–H groups in total. The number of carbonyl (C=O) groups is 3. The van der Waals surface area contributed by atoms with Gasteiger partial charge in [-0.15, -0.1) is 0 Å². The fraction of sp³-hybridized carbons (Fsp3) is 0.790. The van der Waals surface area contributed by atoms with Gasteiger partial charge in [-0.1, -0.05) is 255 Å². The number of hydrogen-bond donors (Lipinski definition) is 0. The third-order valence-corrected chi connectivity index (χ3v) is 12.8.